The molecule has 2 aliphatic heterocycles. The average molecular weight is 560 g/mol. The molecule has 40 heavy (non-hydrogen) atoms. The molecule has 0 bridgehead atoms. The van der Waals surface area contributed by atoms with Crippen molar-refractivity contribution in [2.75, 3.05) is 53.0 Å². The number of carbonyl (C=O) groups excluding carboxylic acids is 2. The summed E-state index contributed by atoms with van der Waals surface area (Å²) >= 11 is 0. The Hall–Kier alpha value is -1.68. The van der Waals surface area contributed by atoms with Crippen LogP contribution in [0.3, 0.4) is 0 Å². The normalized spacial score (nSPS) is 45.1. The highest BCUT2D eigenvalue weighted by atomic mass is 16.5. The van der Waals surface area contributed by atoms with Gasteiger partial charge in [0.2, 0.25) is 0 Å². The van der Waals surface area contributed by atoms with Crippen molar-refractivity contribution in [3.63, 3.8) is 0 Å². The smallest absolute Gasteiger partial charge is 0.331 e. The summed E-state index contributed by atoms with van der Waals surface area (Å²) in [7, 11) is 1.94. The SMILES string of the molecule is CN(C(=O)NCCN1CCOCC1)[C@H]1CC[C@@]2(C)[C@H](CC[C@@H]3[C@@H]2C[C@@H](O)[C@]2(C)[C@@H](C4=CC(=O)OC4)CC[C@]32O)C1. The van der Waals surface area contributed by atoms with Crippen molar-refractivity contribution in [2.24, 2.45) is 34.5 Å². The second-order valence-corrected chi connectivity index (χ2v) is 14.1. The van der Waals surface area contributed by atoms with Crippen LogP contribution in [0.4, 0.5) is 4.79 Å². The molecule has 9 nitrogen and oxygen atoms in total. The van der Waals surface area contributed by atoms with Gasteiger partial charge in [-0.05, 0) is 86.0 Å². The lowest BCUT2D eigenvalue weighted by molar-refractivity contribution is -0.243. The van der Waals surface area contributed by atoms with Gasteiger partial charge >= 0.3 is 12.0 Å². The van der Waals surface area contributed by atoms with Crippen molar-refractivity contribution < 1.29 is 29.3 Å². The Labute approximate surface area is 238 Å². The van der Waals surface area contributed by atoms with Crippen LogP contribution in [0, 0.1) is 34.5 Å². The van der Waals surface area contributed by atoms with Crippen LogP contribution >= 0.6 is 0 Å². The zero-order valence-electron chi connectivity index (χ0n) is 24.6. The maximum atomic E-state index is 13.0. The fourth-order valence-electron chi connectivity index (χ4n) is 10.2. The summed E-state index contributed by atoms with van der Waals surface area (Å²) in [6, 6.07) is 0.219. The highest BCUT2D eigenvalue weighted by molar-refractivity contribution is 5.85. The largest absolute Gasteiger partial charge is 0.458 e. The van der Waals surface area contributed by atoms with Crippen LogP contribution < -0.4 is 5.32 Å². The van der Waals surface area contributed by atoms with Crippen LogP contribution in [-0.2, 0) is 14.3 Å². The van der Waals surface area contributed by atoms with Gasteiger partial charge in [-0.15, -0.1) is 0 Å². The molecule has 2 amide bonds. The molecule has 6 aliphatic rings. The van der Waals surface area contributed by atoms with Gasteiger partial charge in [0.15, 0.2) is 0 Å². The monoisotopic (exact) mass is 559 g/mol. The summed E-state index contributed by atoms with van der Waals surface area (Å²) in [4.78, 5) is 29.1. The molecule has 0 aromatic rings. The lowest BCUT2D eigenvalue weighted by Crippen LogP contribution is -2.67. The van der Waals surface area contributed by atoms with Gasteiger partial charge in [-0.3, -0.25) is 4.90 Å². The van der Waals surface area contributed by atoms with E-state index < -0.39 is 17.1 Å². The Balaban J connectivity index is 1.11. The molecule has 6 rings (SSSR count). The third-order valence-electron chi connectivity index (χ3n) is 12.7. The van der Waals surface area contributed by atoms with Crippen LogP contribution in [-0.4, -0.2) is 103 Å². The number of hydrogen-bond acceptors (Lipinski definition) is 7. The summed E-state index contributed by atoms with van der Waals surface area (Å²) in [6.45, 7) is 9.61. The Morgan fingerprint density at radius 2 is 1.90 bits per heavy atom. The van der Waals surface area contributed by atoms with Gasteiger partial charge in [-0.2, -0.15) is 0 Å². The number of ether oxygens (including phenoxy) is 2. The third-order valence-corrected chi connectivity index (χ3v) is 12.7. The summed E-state index contributed by atoms with van der Waals surface area (Å²) in [6.07, 6.45) is 8.03. The number of fused-ring (bicyclic) bond motifs is 5. The molecule has 9 heteroatoms. The van der Waals surface area contributed by atoms with Gasteiger partial charge < -0.3 is 29.9 Å². The molecule has 4 aliphatic carbocycles. The van der Waals surface area contributed by atoms with Gasteiger partial charge in [0.25, 0.3) is 0 Å². The molecule has 224 valence electrons. The maximum Gasteiger partial charge on any atom is 0.331 e. The first kappa shape index (κ1) is 28.4. The highest BCUT2D eigenvalue weighted by Gasteiger charge is 2.70. The molecule has 4 saturated carbocycles. The molecule has 0 unspecified atom stereocenters. The van der Waals surface area contributed by atoms with E-state index in [4.69, 9.17) is 9.47 Å². The summed E-state index contributed by atoms with van der Waals surface area (Å²) in [5.74, 6) is 0.525. The Kier molecular flexibility index (Phi) is 7.50. The third kappa shape index (κ3) is 4.41. The predicted octanol–water partition coefficient (Wildman–Crippen LogP) is 2.56. The Morgan fingerprint density at radius 3 is 2.62 bits per heavy atom. The fraction of sp³-hybridized carbons (Fsp3) is 0.871. The van der Waals surface area contributed by atoms with Crippen molar-refractivity contribution in [3.8, 4) is 0 Å². The first-order chi connectivity index (χ1) is 19.1. The molecular weight excluding hydrogens is 510 g/mol. The minimum Gasteiger partial charge on any atom is -0.458 e. The second kappa shape index (κ2) is 10.5. The molecule has 3 N–H and O–H groups in total. The lowest BCUT2D eigenvalue weighted by Gasteiger charge is -2.65. The molecule has 5 fully saturated rings. The summed E-state index contributed by atoms with van der Waals surface area (Å²) in [5.41, 5.74) is -0.648. The van der Waals surface area contributed by atoms with Crippen LogP contribution in [0.5, 0.6) is 0 Å². The van der Waals surface area contributed by atoms with Crippen molar-refractivity contribution in [2.45, 2.75) is 83.0 Å². The minimum absolute atomic E-state index is 0.00870. The molecule has 0 spiro atoms. The fourth-order valence-corrected chi connectivity index (χ4v) is 10.2. The van der Waals surface area contributed by atoms with Gasteiger partial charge in [-0.1, -0.05) is 13.8 Å². The van der Waals surface area contributed by atoms with Gasteiger partial charge in [0.1, 0.15) is 6.61 Å². The topological polar surface area (TPSA) is 112 Å². The molecule has 0 aromatic carbocycles. The van der Waals surface area contributed by atoms with Crippen molar-refractivity contribution in [1.29, 1.82) is 0 Å². The number of nitrogens with zero attached hydrogens (tertiary/aromatic N) is 2. The standard InChI is InChI=1S/C31H49N3O6/c1-29-8-6-22(33(3)28(37)32-10-11-34-12-14-39-15-13-34)17-21(29)4-5-24-25(29)18-26(35)30(2)23(7-9-31(24,30)38)20-16-27(36)40-19-20/h16,21-26,35,38H,4-15,17-19H2,1-3H3,(H,32,37)/t21-,22+,23-,24-,25+,26-,29+,30+,31+/m1/s1. The van der Waals surface area contributed by atoms with E-state index in [-0.39, 0.29) is 47.8 Å². The van der Waals surface area contributed by atoms with E-state index in [1.165, 1.54) is 0 Å². The molecule has 9 atom stereocenters. The minimum atomic E-state index is -0.950. The average Bonchev–Trinajstić information content (AvgIpc) is 3.49. The number of hydrogen-bond donors (Lipinski definition) is 3. The van der Waals surface area contributed by atoms with E-state index in [1.807, 2.05) is 11.9 Å². The Bertz CT molecular complexity index is 1030. The number of amides is 2. The van der Waals surface area contributed by atoms with Crippen molar-refractivity contribution in [3.05, 3.63) is 11.6 Å². The van der Waals surface area contributed by atoms with Crippen LogP contribution in [0.1, 0.15) is 65.2 Å². The first-order valence-electron chi connectivity index (χ1n) is 15.7. The summed E-state index contributed by atoms with van der Waals surface area (Å²) in [5, 5.41) is 27.3. The quantitative estimate of drug-likeness (QED) is 0.444. The molecule has 0 aromatic heterocycles. The van der Waals surface area contributed by atoms with Gasteiger partial charge in [0, 0.05) is 50.8 Å². The van der Waals surface area contributed by atoms with Gasteiger partial charge in [-0.25, -0.2) is 9.59 Å². The first-order valence-corrected chi connectivity index (χ1v) is 15.7. The van der Waals surface area contributed by atoms with E-state index in [1.54, 1.807) is 6.08 Å². The molecule has 0 radical (unpaired) electrons. The zero-order chi connectivity index (χ0) is 28.3. The van der Waals surface area contributed by atoms with Crippen molar-refractivity contribution in [1.82, 2.24) is 15.1 Å². The predicted molar refractivity (Wildman–Crippen MR) is 149 cm³/mol. The number of carbonyl (C=O) groups is 2. The van der Waals surface area contributed by atoms with Crippen LogP contribution in [0.25, 0.3) is 0 Å². The van der Waals surface area contributed by atoms with E-state index in [0.29, 0.717) is 25.3 Å². The molecule has 2 heterocycles. The number of aliphatic hydroxyl groups excluding tert-OH is 1. The zero-order valence-corrected chi connectivity index (χ0v) is 24.6. The number of aliphatic hydroxyl groups is 2. The van der Waals surface area contributed by atoms with E-state index in [0.717, 1.165) is 76.9 Å². The second-order valence-electron chi connectivity index (χ2n) is 14.1. The van der Waals surface area contributed by atoms with E-state index in [9.17, 15) is 19.8 Å². The van der Waals surface area contributed by atoms with Crippen molar-refractivity contribution >= 4 is 12.0 Å². The Morgan fingerprint density at radius 1 is 1.12 bits per heavy atom. The number of urea groups is 1. The van der Waals surface area contributed by atoms with Crippen LogP contribution in [0.2, 0.25) is 0 Å². The number of morpholine rings is 1. The maximum absolute atomic E-state index is 13.0. The number of nitrogens with one attached hydrogen (secondary N) is 1. The van der Waals surface area contributed by atoms with Crippen LogP contribution in [0.15, 0.2) is 11.6 Å². The number of rotatable bonds is 5. The number of esters is 1. The lowest BCUT2D eigenvalue weighted by atomic mass is 9.42. The van der Waals surface area contributed by atoms with E-state index >= 15 is 0 Å². The van der Waals surface area contributed by atoms with Gasteiger partial charge in [0.05, 0.1) is 24.9 Å². The molecular formula is C31H49N3O6. The number of cyclic esters (lactones) is 1. The highest BCUT2D eigenvalue weighted by Crippen LogP contribution is 2.70. The molecule has 1 saturated heterocycles. The van der Waals surface area contributed by atoms with E-state index in [2.05, 4.69) is 24.1 Å². The summed E-state index contributed by atoms with van der Waals surface area (Å²) < 4.78 is 10.6.